The fraction of sp³-hybridized carbons (Fsp3) is 0.300. The number of alkyl halides is 1. The van der Waals surface area contributed by atoms with E-state index in [0.717, 1.165) is 12.1 Å². The molecule has 1 aromatic carbocycles. The van der Waals surface area contributed by atoms with Crippen molar-refractivity contribution < 1.29 is 13.6 Å². The Morgan fingerprint density at radius 2 is 2.07 bits per heavy atom. The van der Waals surface area contributed by atoms with Gasteiger partial charge in [-0.2, -0.15) is 0 Å². The lowest BCUT2D eigenvalue weighted by Crippen LogP contribution is -2.11. The minimum Gasteiger partial charge on any atom is -0.326 e. The first-order valence-electron chi connectivity index (χ1n) is 4.44. The van der Waals surface area contributed by atoms with Crippen LogP contribution in [0.4, 0.5) is 14.5 Å². The van der Waals surface area contributed by atoms with E-state index in [0.29, 0.717) is 12.3 Å². The van der Waals surface area contributed by atoms with Crippen LogP contribution in [0.1, 0.15) is 12.8 Å². The smallest absolute Gasteiger partial charge is 0.224 e. The molecular weight excluding hydrogens is 224 g/mol. The molecule has 1 N–H and O–H groups in total. The zero-order chi connectivity index (χ0) is 11.3. The molecular formula is C10H10ClF2NO. The summed E-state index contributed by atoms with van der Waals surface area (Å²) in [5.74, 6) is -1.79. The third-order valence-corrected chi connectivity index (χ3v) is 2.01. The van der Waals surface area contributed by atoms with Crippen LogP contribution in [0, 0.1) is 11.6 Å². The Labute approximate surface area is 91.2 Å². The van der Waals surface area contributed by atoms with E-state index in [1.165, 1.54) is 6.07 Å². The molecule has 0 aliphatic rings. The van der Waals surface area contributed by atoms with Crippen molar-refractivity contribution >= 4 is 23.2 Å². The number of nitrogens with one attached hydrogen (secondary N) is 1. The highest BCUT2D eigenvalue weighted by Gasteiger charge is 2.05. The largest absolute Gasteiger partial charge is 0.326 e. The first-order valence-corrected chi connectivity index (χ1v) is 4.98. The van der Waals surface area contributed by atoms with Gasteiger partial charge in [0.05, 0.1) is 0 Å². The van der Waals surface area contributed by atoms with E-state index in [2.05, 4.69) is 5.32 Å². The van der Waals surface area contributed by atoms with Crippen molar-refractivity contribution in [1.82, 2.24) is 0 Å². The van der Waals surface area contributed by atoms with E-state index in [-0.39, 0.29) is 18.0 Å². The van der Waals surface area contributed by atoms with E-state index in [1.54, 1.807) is 0 Å². The topological polar surface area (TPSA) is 29.1 Å². The fourth-order valence-corrected chi connectivity index (χ4v) is 1.16. The standard InChI is InChI=1S/C10H10ClF2NO/c11-5-1-2-10(15)14-7-3-4-8(12)9(13)6-7/h3-4,6H,1-2,5H2,(H,14,15). The average molecular weight is 234 g/mol. The zero-order valence-electron chi connectivity index (χ0n) is 7.90. The number of hydrogen-bond acceptors (Lipinski definition) is 1. The second-order valence-electron chi connectivity index (χ2n) is 2.97. The number of carbonyl (C=O) groups is 1. The SMILES string of the molecule is O=C(CCCCl)Nc1ccc(F)c(F)c1. The van der Waals surface area contributed by atoms with Crippen LogP contribution in [0.15, 0.2) is 18.2 Å². The molecule has 2 nitrogen and oxygen atoms in total. The predicted molar refractivity (Wildman–Crippen MR) is 54.9 cm³/mol. The van der Waals surface area contributed by atoms with Crippen molar-refractivity contribution in [1.29, 1.82) is 0 Å². The first-order chi connectivity index (χ1) is 7.13. The molecule has 15 heavy (non-hydrogen) atoms. The van der Waals surface area contributed by atoms with E-state index >= 15 is 0 Å². The predicted octanol–water partition coefficient (Wildman–Crippen LogP) is 2.92. The van der Waals surface area contributed by atoms with Gasteiger partial charge in [0.1, 0.15) is 0 Å². The molecule has 0 radical (unpaired) electrons. The van der Waals surface area contributed by atoms with Crippen LogP contribution < -0.4 is 5.32 Å². The normalized spacial score (nSPS) is 10.1. The van der Waals surface area contributed by atoms with Crippen LogP contribution in [-0.2, 0) is 4.79 Å². The minimum atomic E-state index is -0.981. The van der Waals surface area contributed by atoms with Gasteiger partial charge in [-0.25, -0.2) is 8.78 Å². The summed E-state index contributed by atoms with van der Waals surface area (Å²) < 4.78 is 25.3. The molecule has 0 saturated carbocycles. The Kier molecular flexibility index (Phi) is 4.49. The van der Waals surface area contributed by atoms with E-state index < -0.39 is 11.6 Å². The highest BCUT2D eigenvalue weighted by molar-refractivity contribution is 6.18. The van der Waals surface area contributed by atoms with Crippen molar-refractivity contribution in [2.24, 2.45) is 0 Å². The number of carbonyl (C=O) groups excluding carboxylic acids is 1. The third kappa shape index (κ3) is 3.83. The highest BCUT2D eigenvalue weighted by atomic mass is 35.5. The van der Waals surface area contributed by atoms with Gasteiger partial charge in [-0.3, -0.25) is 4.79 Å². The average Bonchev–Trinajstić information content (AvgIpc) is 2.20. The summed E-state index contributed by atoms with van der Waals surface area (Å²) in [4.78, 5) is 11.2. The molecule has 0 atom stereocenters. The molecule has 0 fully saturated rings. The molecule has 82 valence electrons. The van der Waals surface area contributed by atoms with Crippen molar-refractivity contribution in [3.63, 3.8) is 0 Å². The van der Waals surface area contributed by atoms with Crippen LogP contribution >= 0.6 is 11.6 Å². The molecule has 0 unspecified atom stereocenters. The molecule has 0 heterocycles. The molecule has 1 amide bonds. The summed E-state index contributed by atoms with van der Waals surface area (Å²) in [5, 5.41) is 2.44. The Bertz CT molecular complexity index is 357. The summed E-state index contributed by atoms with van der Waals surface area (Å²) in [6.45, 7) is 0. The quantitative estimate of drug-likeness (QED) is 0.796. The Hall–Kier alpha value is -1.16. The first kappa shape index (κ1) is 11.9. The molecule has 0 saturated heterocycles. The lowest BCUT2D eigenvalue weighted by atomic mass is 10.2. The van der Waals surface area contributed by atoms with Gasteiger partial charge in [0.2, 0.25) is 5.91 Å². The summed E-state index contributed by atoms with van der Waals surface area (Å²) >= 11 is 5.41. The minimum absolute atomic E-state index is 0.244. The van der Waals surface area contributed by atoms with Gasteiger partial charge in [0.25, 0.3) is 0 Å². The van der Waals surface area contributed by atoms with Crippen LogP contribution in [-0.4, -0.2) is 11.8 Å². The number of benzene rings is 1. The summed E-state index contributed by atoms with van der Waals surface area (Å²) in [5.41, 5.74) is 0.244. The van der Waals surface area contributed by atoms with Crippen LogP contribution in [0.3, 0.4) is 0 Å². The lowest BCUT2D eigenvalue weighted by Gasteiger charge is -2.04. The van der Waals surface area contributed by atoms with Gasteiger partial charge < -0.3 is 5.32 Å². The van der Waals surface area contributed by atoms with Gasteiger partial charge in [-0.15, -0.1) is 11.6 Å². The summed E-state index contributed by atoms with van der Waals surface area (Å²) in [6, 6.07) is 3.21. The van der Waals surface area contributed by atoms with Crippen molar-refractivity contribution in [3.05, 3.63) is 29.8 Å². The van der Waals surface area contributed by atoms with Gasteiger partial charge in [-0.05, 0) is 18.6 Å². The molecule has 0 aliphatic heterocycles. The number of halogens is 3. The lowest BCUT2D eigenvalue weighted by molar-refractivity contribution is -0.116. The van der Waals surface area contributed by atoms with Gasteiger partial charge >= 0.3 is 0 Å². The van der Waals surface area contributed by atoms with Gasteiger partial charge in [-0.1, -0.05) is 0 Å². The number of anilines is 1. The number of rotatable bonds is 4. The van der Waals surface area contributed by atoms with Crippen molar-refractivity contribution in [2.75, 3.05) is 11.2 Å². The third-order valence-electron chi connectivity index (χ3n) is 1.74. The zero-order valence-corrected chi connectivity index (χ0v) is 8.65. The van der Waals surface area contributed by atoms with Crippen molar-refractivity contribution in [2.45, 2.75) is 12.8 Å². The molecule has 0 aliphatic carbocycles. The maximum Gasteiger partial charge on any atom is 0.224 e. The maximum atomic E-state index is 12.7. The molecule has 0 spiro atoms. The monoisotopic (exact) mass is 233 g/mol. The highest BCUT2D eigenvalue weighted by Crippen LogP contribution is 2.13. The number of hydrogen-bond donors (Lipinski definition) is 1. The van der Waals surface area contributed by atoms with E-state index in [4.69, 9.17) is 11.6 Å². The Balaban J connectivity index is 2.57. The van der Waals surface area contributed by atoms with E-state index in [1.807, 2.05) is 0 Å². The Morgan fingerprint density at radius 1 is 1.33 bits per heavy atom. The van der Waals surface area contributed by atoms with Crippen LogP contribution in [0.5, 0.6) is 0 Å². The Morgan fingerprint density at radius 3 is 2.67 bits per heavy atom. The maximum absolute atomic E-state index is 12.7. The van der Waals surface area contributed by atoms with Gasteiger partial charge in [0, 0.05) is 24.1 Å². The van der Waals surface area contributed by atoms with E-state index in [9.17, 15) is 13.6 Å². The molecule has 1 rings (SSSR count). The van der Waals surface area contributed by atoms with Gasteiger partial charge in [0.15, 0.2) is 11.6 Å². The molecule has 0 aromatic heterocycles. The number of amides is 1. The summed E-state index contributed by atoms with van der Waals surface area (Å²) in [6.07, 6.45) is 0.819. The molecule has 0 bridgehead atoms. The second-order valence-corrected chi connectivity index (χ2v) is 3.35. The fourth-order valence-electron chi connectivity index (χ4n) is 1.02. The second kappa shape index (κ2) is 5.66. The summed E-state index contributed by atoms with van der Waals surface area (Å²) in [7, 11) is 0. The molecule has 5 heteroatoms. The van der Waals surface area contributed by atoms with Crippen molar-refractivity contribution in [3.8, 4) is 0 Å². The van der Waals surface area contributed by atoms with Crippen LogP contribution in [0.25, 0.3) is 0 Å². The molecule has 1 aromatic rings. The van der Waals surface area contributed by atoms with Crippen LogP contribution in [0.2, 0.25) is 0 Å².